The Kier molecular flexibility index (Phi) is 6.69. The van der Waals surface area contributed by atoms with Gasteiger partial charge in [-0.15, -0.1) is 0 Å². The van der Waals surface area contributed by atoms with Crippen LogP contribution in [0.2, 0.25) is 0 Å². The molecule has 0 saturated carbocycles. The van der Waals surface area contributed by atoms with Crippen LogP contribution in [0.1, 0.15) is 13.8 Å². The first kappa shape index (κ1) is 19.1. The minimum Gasteiger partial charge on any atom is -0.353 e. The summed E-state index contributed by atoms with van der Waals surface area (Å²) in [5.41, 5.74) is 0.286. The summed E-state index contributed by atoms with van der Waals surface area (Å²) in [5, 5.41) is 2.80. The summed E-state index contributed by atoms with van der Waals surface area (Å²) >= 11 is 0. The van der Waals surface area contributed by atoms with E-state index in [1.165, 1.54) is 15.9 Å². The molecule has 25 heavy (non-hydrogen) atoms. The van der Waals surface area contributed by atoms with Gasteiger partial charge in [0.25, 0.3) is 0 Å². The largest absolute Gasteiger partial charge is 0.353 e. The van der Waals surface area contributed by atoms with E-state index in [9.17, 15) is 18.4 Å². The van der Waals surface area contributed by atoms with Gasteiger partial charge >= 0.3 is 6.03 Å². The number of halogens is 2. The predicted octanol–water partition coefficient (Wildman–Crippen LogP) is 1.66. The second kappa shape index (κ2) is 8.75. The van der Waals surface area contributed by atoms with Crippen LogP contribution in [0, 0.1) is 11.6 Å². The summed E-state index contributed by atoms with van der Waals surface area (Å²) in [6.45, 7) is 7.88. The average Bonchev–Trinajstić information content (AvgIpc) is 2.95. The van der Waals surface area contributed by atoms with Crippen LogP contribution in [0.4, 0.5) is 19.3 Å². The van der Waals surface area contributed by atoms with E-state index in [1.54, 1.807) is 0 Å². The Morgan fingerprint density at radius 2 is 1.92 bits per heavy atom. The Bertz CT molecular complexity index is 623. The number of urea groups is 1. The van der Waals surface area contributed by atoms with Gasteiger partial charge in [0.05, 0.1) is 0 Å². The van der Waals surface area contributed by atoms with E-state index in [1.807, 2.05) is 0 Å². The summed E-state index contributed by atoms with van der Waals surface area (Å²) in [6, 6.07) is 2.94. The molecule has 0 aliphatic carbocycles. The van der Waals surface area contributed by atoms with Gasteiger partial charge in [-0.2, -0.15) is 0 Å². The summed E-state index contributed by atoms with van der Waals surface area (Å²) in [4.78, 5) is 29.3. The fraction of sp³-hybridized carbons (Fsp3) is 0.529. The topological polar surface area (TPSA) is 55.9 Å². The molecule has 1 N–H and O–H groups in total. The third-order valence-corrected chi connectivity index (χ3v) is 4.29. The Hall–Kier alpha value is -2.22. The van der Waals surface area contributed by atoms with E-state index < -0.39 is 11.6 Å². The molecule has 138 valence electrons. The Morgan fingerprint density at radius 3 is 2.56 bits per heavy atom. The smallest absolute Gasteiger partial charge is 0.325 e. The van der Waals surface area contributed by atoms with Crippen LogP contribution in [-0.4, -0.2) is 67.6 Å². The highest BCUT2D eigenvalue weighted by atomic mass is 19.2. The minimum absolute atomic E-state index is 0.0444. The molecule has 1 aliphatic rings. The fourth-order valence-electron chi connectivity index (χ4n) is 2.74. The van der Waals surface area contributed by atoms with Gasteiger partial charge in [-0.25, -0.2) is 13.6 Å². The lowest BCUT2D eigenvalue weighted by atomic mass is 10.3. The van der Waals surface area contributed by atoms with Crippen LogP contribution >= 0.6 is 0 Å². The zero-order chi connectivity index (χ0) is 18.4. The van der Waals surface area contributed by atoms with Gasteiger partial charge in [0.15, 0.2) is 11.6 Å². The third kappa shape index (κ3) is 4.88. The molecule has 3 amide bonds. The lowest BCUT2D eigenvalue weighted by Gasteiger charge is -2.20. The number of amides is 3. The van der Waals surface area contributed by atoms with Crippen molar-refractivity contribution >= 4 is 17.6 Å². The number of anilines is 1. The molecular weight excluding hydrogens is 330 g/mol. The summed E-state index contributed by atoms with van der Waals surface area (Å²) in [7, 11) is 0. The Labute approximate surface area is 146 Å². The normalized spacial score (nSPS) is 14.5. The Morgan fingerprint density at radius 1 is 1.20 bits per heavy atom. The number of nitrogens with zero attached hydrogens (tertiary/aromatic N) is 3. The first-order chi connectivity index (χ1) is 12.0. The van der Waals surface area contributed by atoms with E-state index in [0.29, 0.717) is 19.6 Å². The van der Waals surface area contributed by atoms with E-state index in [2.05, 4.69) is 24.1 Å². The molecule has 0 unspecified atom stereocenters. The van der Waals surface area contributed by atoms with E-state index in [4.69, 9.17) is 0 Å². The molecule has 1 fully saturated rings. The van der Waals surface area contributed by atoms with Gasteiger partial charge in [0, 0.05) is 37.9 Å². The SMILES string of the molecule is CCN(CC)CCNC(=O)CN1CCN(c2ccc(F)c(F)c2)C1=O. The van der Waals surface area contributed by atoms with Crippen LogP contribution in [0.15, 0.2) is 18.2 Å². The van der Waals surface area contributed by atoms with Gasteiger partial charge in [0.2, 0.25) is 5.91 Å². The Balaban J connectivity index is 1.85. The molecule has 0 radical (unpaired) electrons. The minimum atomic E-state index is -1.00. The van der Waals surface area contributed by atoms with Crippen LogP contribution in [0.5, 0.6) is 0 Å². The number of hydrogen-bond acceptors (Lipinski definition) is 3. The summed E-state index contributed by atoms with van der Waals surface area (Å²) < 4.78 is 26.3. The molecular formula is C17H24F2N4O2. The molecule has 1 heterocycles. The van der Waals surface area contributed by atoms with Crippen LogP contribution in [-0.2, 0) is 4.79 Å². The molecule has 1 saturated heterocycles. The first-order valence-electron chi connectivity index (χ1n) is 8.46. The van der Waals surface area contributed by atoms with Crippen LogP contribution in [0.25, 0.3) is 0 Å². The number of hydrogen-bond donors (Lipinski definition) is 1. The van der Waals surface area contributed by atoms with Crippen molar-refractivity contribution in [2.75, 3.05) is 50.7 Å². The lowest BCUT2D eigenvalue weighted by Crippen LogP contribution is -2.42. The highest BCUT2D eigenvalue weighted by Gasteiger charge is 2.31. The maximum atomic E-state index is 13.3. The number of benzene rings is 1. The van der Waals surface area contributed by atoms with Crippen molar-refractivity contribution in [1.29, 1.82) is 0 Å². The highest BCUT2D eigenvalue weighted by molar-refractivity contribution is 5.96. The van der Waals surface area contributed by atoms with E-state index in [0.717, 1.165) is 31.8 Å². The first-order valence-corrected chi connectivity index (χ1v) is 8.46. The third-order valence-electron chi connectivity index (χ3n) is 4.29. The lowest BCUT2D eigenvalue weighted by molar-refractivity contribution is -0.121. The van der Waals surface area contributed by atoms with Crippen molar-refractivity contribution in [3.05, 3.63) is 29.8 Å². The van der Waals surface area contributed by atoms with Crippen molar-refractivity contribution in [2.45, 2.75) is 13.8 Å². The summed E-state index contributed by atoms with van der Waals surface area (Å²) in [6.07, 6.45) is 0. The average molecular weight is 354 g/mol. The number of rotatable bonds is 8. The zero-order valence-electron chi connectivity index (χ0n) is 14.6. The van der Waals surface area contributed by atoms with Crippen molar-refractivity contribution in [3.63, 3.8) is 0 Å². The van der Waals surface area contributed by atoms with Gasteiger partial charge in [0.1, 0.15) is 6.54 Å². The molecule has 1 aromatic carbocycles. The second-order valence-corrected chi connectivity index (χ2v) is 5.83. The van der Waals surface area contributed by atoms with Crippen LogP contribution in [0.3, 0.4) is 0 Å². The molecule has 1 aromatic rings. The number of likely N-dealkylation sites (N-methyl/N-ethyl adjacent to an activating group) is 1. The summed E-state index contributed by atoms with van der Waals surface area (Å²) in [5.74, 6) is -2.19. The van der Waals surface area contributed by atoms with Crippen molar-refractivity contribution in [1.82, 2.24) is 15.1 Å². The standard InChI is InChI=1S/C17H24F2N4O2/c1-3-21(4-2)8-7-20-16(24)12-22-9-10-23(17(22)25)13-5-6-14(18)15(19)11-13/h5-6,11H,3-4,7-10,12H2,1-2H3,(H,20,24). The van der Waals surface area contributed by atoms with Gasteiger partial charge in [-0.05, 0) is 25.2 Å². The number of nitrogens with one attached hydrogen (secondary N) is 1. The molecule has 1 aliphatic heterocycles. The molecule has 0 aromatic heterocycles. The number of carbonyl (C=O) groups excluding carboxylic acids is 2. The predicted molar refractivity (Wildman–Crippen MR) is 91.5 cm³/mol. The van der Waals surface area contributed by atoms with Gasteiger partial charge in [-0.1, -0.05) is 13.8 Å². The highest BCUT2D eigenvalue weighted by Crippen LogP contribution is 2.22. The molecule has 0 bridgehead atoms. The second-order valence-electron chi connectivity index (χ2n) is 5.83. The van der Waals surface area contributed by atoms with Crippen molar-refractivity contribution in [2.24, 2.45) is 0 Å². The van der Waals surface area contributed by atoms with Gasteiger partial charge < -0.3 is 15.1 Å². The number of carbonyl (C=O) groups is 2. The monoisotopic (exact) mass is 354 g/mol. The fourth-order valence-corrected chi connectivity index (χ4v) is 2.74. The maximum Gasteiger partial charge on any atom is 0.325 e. The maximum absolute atomic E-state index is 13.3. The van der Waals surface area contributed by atoms with E-state index >= 15 is 0 Å². The van der Waals surface area contributed by atoms with Crippen molar-refractivity contribution < 1.29 is 18.4 Å². The molecule has 0 atom stereocenters. The molecule has 8 heteroatoms. The quantitative estimate of drug-likeness (QED) is 0.773. The zero-order valence-corrected chi connectivity index (χ0v) is 14.6. The van der Waals surface area contributed by atoms with Crippen LogP contribution < -0.4 is 10.2 Å². The molecule has 2 rings (SSSR count). The van der Waals surface area contributed by atoms with E-state index in [-0.39, 0.29) is 24.2 Å². The van der Waals surface area contributed by atoms with Gasteiger partial charge in [-0.3, -0.25) is 9.69 Å². The molecule has 6 nitrogen and oxygen atoms in total. The molecule has 0 spiro atoms. The van der Waals surface area contributed by atoms with Crippen molar-refractivity contribution in [3.8, 4) is 0 Å².